The fourth-order valence-electron chi connectivity index (χ4n) is 5.83. The maximum absolute atomic E-state index is 5.39. The van der Waals surface area contributed by atoms with Gasteiger partial charge in [-0.25, -0.2) is 0 Å². The van der Waals surface area contributed by atoms with Gasteiger partial charge in [0.05, 0.1) is 0 Å². The van der Waals surface area contributed by atoms with Crippen LogP contribution in [0.3, 0.4) is 0 Å². The molecular formula is C33H18N4Se2. The van der Waals surface area contributed by atoms with Crippen LogP contribution in [0.1, 0.15) is 0 Å². The molecule has 39 heavy (non-hydrogen) atoms. The van der Waals surface area contributed by atoms with Gasteiger partial charge in [-0.05, 0) is 0 Å². The van der Waals surface area contributed by atoms with E-state index in [-0.39, 0.29) is 29.0 Å². The molecule has 0 fully saturated rings. The van der Waals surface area contributed by atoms with Gasteiger partial charge in [0.25, 0.3) is 0 Å². The van der Waals surface area contributed by atoms with Crippen molar-refractivity contribution in [1.29, 1.82) is 0 Å². The van der Waals surface area contributed by atoms with Crippen LogP contribution < -0.4 is 0 Å². The number of fused-ring (bicyclic) bond motifs is 10. The van der Waals surface area contributed by atoms with E-state index in [0.717, 1.165) is 33.5 Å². The second-order valence-corrected chi connectivity index (χ2v) is 14.1. The first-order valence-corrected chi connectivity index (χ1v) is 16.2. The number of pyridine rings is 1. The van der Waals surface area contributed by atoms with Crippen LogP contribution >= 0.6 is 0 Å². The normalized spacial score (nSPS) is 12.1. The molecule has 9 rings (SSSR count). The molecule has 0 aliphatic rings. The molecule has 9 aromatic rings. The molecule has 5 heterocycles. The molecule has 0 N–H and O–H groups in total. The Balaban J connectivity index is 1.50. The van der Waals surface area contributed by atoms with Crippen LogP contribution in [0.15, 0.2) is 109 Å². The third-order valence-corrected chi connectivity index (χ3v) is 13.1. The Labute approximate surface area is 234 Å². The third-order valence-electron chi connectivity index (χ3n) is 7.50. The van der Waals surface area contributed by atoms with Gasteiger partial charge >= 0.3 is 236 Å². The summed E-state index contributed by atoms with van der Waals surface area (Å²) in [5, 5.41) is 6.05. The first-order chi connectivity index (χ1) is 19.3. The summed E-state index contributed by atoms with van der Waals surface area (Å²) in [4.78, 5) is 15.1. The van der Waals surface area contributed by atoms with Crippen molar-refractivity contribution in [3.8, 4) is 17.2 Å². The molecule has 0 saturated heterocycles. The average molecular weight is 628 g/mol. The predicted molar refractivity (Wildman–Crippen MR) is 164 cm³/mol. The zero-order valence-corrected chi connectivity index (χ0v) is 23.9. The first kappa shape index (κ1) is 21.8. The molecule has 0 radical (unpaired) electrons. The van der Waals surface area contributed by atoms with Gasteiger partial charge in [0.15, 0.2) is 0 Å². The van der Waals surface area contributed by atoms with Crippen LogP contribution in [0.5, 0.6) is 0 Å². The summed E-state index contributed by atoms with van der Waals surface area (Å²) < 4.78 is 8.26. The average Bonchev–Trinajstić information content (AvgIpc) is 3.65. The Morgan fingerprint density at radius 3 is 1.95 bits per heavy atom. The van der Waals surface area contributed by atoms with Gasteiger partial charge in [-0.1, -0.05) is 0 Å². The van der Waals surface area contributed by atoms with Crippen molar-refractivity contribution < 1.29 is 0 Å². The molecule has 4 nitrogen and oxygen atoms in total. The first-order valence-electron chi connectivity index (χ1n) is 12.8. The standard InChI is InChI=1S/C33H18N4Se2/c1-2-10-21-19(8-1)15-16-24-27(21)28(20-9-7-17-34-18-20)36-33(35-24)37-29-22-11-3-5-13-25(22)38-31(29)32-30(37)23-12-4-6-14-26(23)39-32/h1-18H. The van der Waals surface area contributed by atoms with Gasteiger partial charge in [-0.3, -0.25) is 0 Å². The Kier molecular flexibility index (Phi) is 4.60. The Bertz CT molecular complexity index is 2310. The predicted octanol–water partition coefficient (Wildman–Crippen LogP) is 7.36. The van der Waals surface area contributed by atoms with Crippen molar-refractivity contribution in [3.05, 3.63) is 109 Å². The molecule has 6 heteroatoms. The summed E-state index contributed by atoms with van der Waals surface area (Å²) >= 11 is 0.536. The fraction of sp³-hybridized carbons (Fsp3) is 0. The van der Waals surface area contributed by atoms with E-state index in [1.165, 1.54) is 44.2 Å². The van der Waals surface area contributed by atoms with Crippen LogP contribution in [-0.2, 0) is 0 Å². The van der Waals surface area contributed by atoms with Gasteiger partial charge in [-0.15, -0.1) is 0 Å². The molecule has 4 aromatic carbocycles. The molecule has 0 unspecified atom stereocenters. The van der Waals surface area contributed by atoms with Crippen LogP contribution in [0.4, 0.5) is 0 Å². The molecule has 0 aliphatic heterocycles. The van der Waals surface area contributed by atoms with E-state index in [2.05, 4.69) is 101 Å². The number of nitrogens with zero attached hydrogens (tertiary/aromatic N) is 4. The number of rotatable bonds is 2. The number of hydrogen-bond donors (Lipinski definition) is 0. The van der Waals surface area contributed by atoms with E-state index in [0.29, 0.717) is 0 Å². The number of hydrogen-bond acceptors (Lipinski definition) is 3. The molecule has 0 saturated carbocycles. The van der Waals surface area contributed by atoms with E-state index in [1.807, 2.05) is 18.5 Å². The van der Waals surface area contributed by atoms with Crippen LogP contribution in [0.2, 0.25) is 0 Å². The molecular weight excluding hydrogens is 610 g/mol. The summed E-state index contributed by atoms with van der Waals surface area (Å²) in [6.45, 7) is 0. The van der Waals surface area contributed by atoms with Crippen molar-refractivity contribution in [2.45, 2.75) is 0 Å². The quantitative estimate of drug-likeness (QED) is 0.149. The van der Waals surface area contributed by atoms with Crippen molar-refractivity contribution in [3.63, 3.8) is 0 Å². The summed E-state index contributed by atoms with van der Waals surface area (Å²) in [5.74, 6) is 0.731. The van der Waals surface area contributed by atoms with E-state index < -0.39 is 0 Å². The molecule has 0 spiro atoms. The van der Waals surface area contributed by atoms with Crippen LogP contribution in [-0.4, -0.2) is 48.5 Å². The molecule has 0 amide bonds. The number of aromatic nitrogens is 4. The SMILES string of the molecule is c1cncc(-c2nc(-n3c4c5ccccc5[se]c4c4[se]c5ccccc5c43)nc3ccc4ccccc4c23)c1. The zero-order valence-electron chi connectivity index (χ0n) is 20.5. The van der Waals surface area contributed by atoms with E-state index >= 15 is 0 Å². The van der Waals surface area contributed by atoms with Crippen molar-refractivity contribution >= 4 is 89.5 Å². The Morgan fingerprint density at radius 1 is 0.590 bits per heavy atom. The van der Waals surface area contributed by atoms with Gasteiger partial charge in [0, 0.05) is 0 Å². The monoisotopic (exact) mass is 630 g/mol. The van der Waals surface area contributed by atoms with Gasteiger partial charge < -0.3 is 0 Å². The minimum absolute atomic E-state index is 0.268. The van der Waals surface area contributed by atoms with Gasteiger partial charge in [0.2, 0.25) is 0 Å². The summed E-state index contributed by atoms with van der Waals surface area (Å²) in [6, 6.07) is 34.6. The Morgan fingerprint density at radius 2 is 1.26 bits per heavy atom. The number of benzene rings is 4. The van der Waals surface area contributed by atoms with Crippen molar-refractivity contribution in [2.75, 3.05) is 0 Å². The third kappa shape index (κ3) is 3.09. The molecule has 5 aromatic heterocycles. The second-order valence-electron chi connectivity index (χ2n) is 9.68. The van der Waals surface area contributed by atoms with Crippen molar-refractivity contribution in [1.82, 2.24) is 19.5 Å². The Hall–Kier alpha value is -4.05. The summed E-state index contributed by atoms with van der Waals surface area (Å²) in [7, 11) is 0. The topological polar surface area (TPSA) is 43.6 Å². The van der Waals surface area contributed by atoms with E-state index in [4.69, 9.17) is 9.97 Å². The van der Waals surface area contributed by atoms with Crippen molar-refractivity contribution in [2.24, 2.45) is 0 Å². The second kappa shape index (κ2) is 8.22. The van der Waals surface area contributed by atoms with Gasteiger partial charge in [0.1, 0.15) is 0 Å². The van der Waals surface area contributed by atoms with E-state index in [1.54, 1.807) is 0 Å². The summed E-state index contributed by atoms with van der Waals surface area (Å²) in [5.41, 5.74) is 5.43. The van der Waals surface area contributed by atoms with Gasteiger partial charge in [-0.2, -0.15) is 0 Å². The fourth-order valence-corrected chi connectivity index (χ4v) is 11.5. The maximum atomic E-state index is 5.39. The minimum atomic E-state index is 0.268. The molecule has 0 atom stereocenters. The summed E-state index contributed by atoms with van der Waals surface area (Å²) in [6.07, 6.45) is 3.73. The zero-order chi connectivity index (χ0) is 25.5. The van der Waals surface area contributed by atoms with Crippen LogP contribution in [0, 0.1) is 0 Å². The molecule has 0 bridgehead atoms. The molecule has 0 aliphatic carbocycles. The van der Waals surface area contributed by atoms with E-state index in [9.17, 15) is 0 Å². The van der Waals surface area contributed by atoms with Crippen LogP contribution in [0.25, 0.3) is 77.7 Å². The molecule has 182 valence electrons.